The maximum atomic E-state index is 4.47. The topological polar surface area (TPSA) is 24.9 Å². The molecule has 3 heteroatoms. The van der Waals surface area contributed by atoms with Gasteiger partial charge in [0.25, 0.3) is 0 Å². The highest BCUT2D eigenvalue weighted by Gasteiger charge is 2.07. The first-order valence-electron chi connectivity index (χ1n) is 4.20. The third-order valence-electron chi connectivity index (χ3n) is 1.87. The SMILES string of the molecule is Cc1ccc2c(n1)SCCCN2. The average Bonchev–Trinajstić information content (AvgIpc) is 2.28. The van der Waals surface area contributed by atoms with Crippen LogP contribution in [0.15, 0.2) is 17.2 Å². The van der Waals surface area contributed by atoms with Crippen molar-refractivity contribution in [1.29, 1.82) is 0 Å². The monoisotopic (exact) mass is 180 g/mol. The predicted octanol–water partition coefficient (Wildman–Crippen LogP) is 2.30. The van der Waals surface area contributed by atoms with Crippen LogP contribution in [0.5, 0.6) is 0 Å². The second kappa shape index (κ2) is 3.35. The van der Waals surface area contributed by atoms with E-state index in [1.165, 1.54) is 17.9 Å². The number of hydrogen-bond donors (Lipinski definition) is 1. The van der Waals surface area contributed by atoms with Gasteiger partial charge in [-0.2, -0.15) is 0 Å². The molecule has 1 aromatic rings. The van der Waals surface area contributed by atoms with Gasteiger partial charge in [-0.05, 0) is 25.5 Å². The fourth-order valence-electron chi connectivity index (χ4n) is 1.24. The largest absolute Gasteiger partial charge is 0.383 e. The summed E-state index contributed by atoms with van der Waals surface area (Å²) in [5, 5.41) is 4.53. The molecule has 0 saturated heterocycles. The number of thioether (sulfide) groups is 1. The van der Waals surface area contributed by atoms with Crippen LogP contribution in [0.2, 0.25) is 0 Å². The maximum absolute atomic E-state index is 4.47. The molecule has 1 N–H and O–H groups in total. The highest BCUT2D eigenvalue weighted by Crippen LogP contribution is 2.28. The highest BCUT2D eigenvalue weighted by atomic mass is 32.2. The first-order valence-corrected chi connectivity index (χ1v) is 5.19. The number of fused-ring (bicyclic) bond motifs is 1. The third kappa shape index (κ3) is 1.55. The Morgan fingerprint density at radius 1 is 1.50 bits per heavy atom. The van der Waals surface area contributed by atoms with E-state index < -0.39 is 0 Å². The number of rotatable bonds is 0. The van der Waals surface area contributed by atoms with E-state index in [1.807, 2.05) is 18.7 Å². The molecule has 0 atom stereocenters. The van der Waals surface area contributed by atoms with Crippen LogP contribution in [0.3, 0.4) is 0 Å². The van der Waals surface area contributed by atoms with E-state index >= 15 is 0 Å². The van der Waals surface area contributed by atoms with Crippen LogP contribution in [-0.2, 0) is 0 Å². The van der Waals surface area contributed by atoms with Crippen molar-refractivity contribution in [2.24, 2.45) is 0 Å². The van der Waals surface area contributed by atoms with Gasteiger partial charge in [-0.1, -0.05) is 0 Å². The molecule has 12 heavy (non-hydrogen) atoms. The van der Waals surface area contributed by atoms with Crippen LogP contribution < -0.4 is 5.32 Å². The molecule has 0 bridgehead atoms. The Morgan fingerprint density at radius 3 is 3.33 bits per heavy atom. The zero-order valence-corrected chi connectivity index (χ0v) is 7.95. The van der Waals surface area contributed by atoms with E-state index in [0.717, 1.165) is 17.3 Å². The van der Waals surface area contributed by atoms with E-state index in [4.69, 9.17) is 0 Å². The molecule has 0 aromatic carbocycles. The minimum Gasteiger partial charge on any atom is -0.383 e. The number of pyridine rings is 1. The van der Waals surface area contributed by atoms with E-state index in [9.17, 15) is 0 Å². The van der Waals surface area contributed by atoms with Crippen molar-refractivity contribution in [3.05, 3.63) is 17.8 Å². The van der Waals surface area contributed by atoms with Gasteiger partial charge in [0.05, 0.1) is 5.69 Å². The van der Waals surface area contributed by atoms with Gasteiger partial charge in [0.15, 0.2) is 0 Å². The van der Waals surface area contributed by atoms with Crippen LogP contribution in [0, 0.1) is 6.92 Å². The molecule has 2 rings (SSSR count). The van der Waals surface area contributed by atoms with Gasteiger partial charge in [0, 0.05) is 18.0 Å². The number of anilines is 1. The molecule has 2 heterocycles. The van der Waals surface area contributed by atoms with Crippen molar-refractivity contribution in [2.75, 3.05) is 17.6 Å². The minimum atomic E-state index is 1.07. The van der Waals surface area contributed by atoms with Gasteiger partial charge in [-0.3, -0.25) is 0 Å². The quantitative estimate of drug-likeness (QED) is 0.663. The Bertz CT molecular complexity index is 286. The highest BCUT2D eigenvalue weighted by molar-refractivity contribution is 7.99. The van der Waals surface area contributed by atoms with E-state index in [1.54, 1.807) is 0 Å². The van der Waals surface area contributed by atoms with Crippen molar-refractivity contribution in [1.82, 2.24) is 4.98 Å². The maximum Gasteiger partial charge on any atom is 0.119 e. The number of aryl methyl sites for hydroxylation is 1. The van der Waals surface area contributed by atoms with Crippen LogP contribution in [0.1, 0.15) is 12.1 Å². The molecular formula is C9H12N2S. The Kier molecular flexibility index (Phi) is 2.21. The molecule has 0 unspecified atom stereocenters. The lowest BCUT2D eigenvalue weighted by molar-refractivity contribution is 0.993. The summed E-state index contributed by atoms with van der Waals surface area (Å²) in [5.74, 6) is 1.18. The van der Waals surface area contributed by atoms with Crippen molar-refractivity contribution >= 4 is 17.4 Å². The molecule has 0 saturated carbocycles. The summed E-state index contributed by atoms with van der Waals surface area (Å²) in [6.07, 6.45) is 1.22. The van der Waals surface area contributed by atoms with Crippen LogP contribution >= 0.6 is 11.8 Å². The van der Waals surface area contributed by atoms with E-state index in [2.05, 4.69) is 22.4 Å². The van der Waals surface area contributed by atoms with Crippen molar-refractivity contribution in [2.45, 2.75) is 18.4 Å². The van der Waals surface area contributed by atoms with Crippen LogP contribution in [-0.4, -0.2) is 17.3 Å². The first-order chi connectivity index (χ1) is 5.86. The summed E-state index contributed by atoms with van der Waals surface area (Å²) in [4.78, 5) is 4.47. The first kappa shape index (κ1) is 7.92. The molecule has 1 aromatic heterocycles. The van der Waals surface area contributed by atoms with Gasteiger partial charge >= 0.3 is 0 Å². The molecule has 1 aliphatic rings. The van der Waals surface area contributed by atoms with Gasteiger partial charge in [0.2, 0.25) is 0 Å². The molecule has 0 fully saturated rings. The summed E-state index contributed by atoms with van der Waals surface area (Å²) < 4.78 is 0. The minimum absolute atomic E-state index is 1.07. The Hall–Kier alpha value is -0.700. The Labute approximate surface area is 76.8 Å². The zero-order chi connectivity index (χ0) is 8.39. The Balaban J connectivity index is 2.36. The second-order valence-electron chi connectivity index (χ2n) is 2.93. The summed E-state index contributed by atoms with van der Waals surface area (Å²) in [7, 11) is 0. The fraction of sp³-hybridized carbons (Fsp3) is 0.444. The molecule has 0 spiro atoms. The fourth-order valence-corrected chi connectivity index (χ4v) is 2.23. The molecular weight excluding hydrogens is 168 g/mol. The van der Waals surface area contributed by atoms with Gasteiger partial charge in [-0.15, -0.1) is 11.8 Å². The van der Waals surface area contributed by atoms with Crippen LogP contribution in [0.25, 0.3) is 0 Å². The van der Waals surface area contributed by atoms with Crippen molar-refractivity contribution < 1.29 is 0 Å². The summed E-state index contributed by atoms with van der Waals surface area (Å²) in [5.41, 5.74) is 2.30. The number of aromatic nitrogens is 1. The predicted molar refractivity (Wildman–Crippen MR) is 52.8 cm³/mol. The summed E-state index contributed by atoms with van der Waals surface area (Å²) in [6.45, 7) is 3.11. The molecule has 64 valence electrons. The smallest absolute Gasteiger partial charge is 0.119 e. The summed E-state index contributed by atoms with van der Waals surface area (Å²) in [6, 6.07) is 4.17. The second-order valence-corrected chi connectivity index (χ2v) is 4.02. The average molecular weight is 180 g/mol. The van der Waals surface area contributed by atoms with Crippen molar-refractivity contribution in [3.63, 3.8) is 0 Å². The van der Waals surface area contributed by atoms with Crippen LogP contribution in [0.4, 0.5) is 5.69 Å². The Morgan fingerprint density at radius 2 is 2.42 bits per heavy atom. The lowest BCUT2D eigenvalue weighted by atomic mass is 10.3. The van der Waals surface area contributed by atoms with Crippen molar-refractivity contribution in [3.8, 4) is 0 Å². The lowest BCUT2D eigenvalue weighted by Gasteiger charge is -2.05. The standard InChI is InChI=1S/C9H12N2S/c1-7-3-4-8-9(11-7)12-6-2-5-10-8/h3-4,10H,2,5-6H2,1H3. The van der Waals surface area contributed by atoms with E-state index in [-0.39, 0.29) is 0 Å². The number of nitrogens with zero attached hydrogens (tertiary/aromatic N) is 1. The van der Waals surface area contributed by atoms with Gasteiger partial charge in [0.1, 0.15) is 5.03 Å². The molecule has 0 amide bonds. The number of hydrogen-bond acceptors (Lipinski definition) is 3. The number of nitrogens with one attached hydrogen (secondary N) is 1. The molecule has 2 nitrogen and oxygen atoms in total. The molecule has 1 aliphatic heterocycles. The van der Waals surface area contributed by atoms with Gasteiger partial charge < -0.3 is 5.32 Å². The zero-order valence-electron chi connectivity index (χ0n) is 7.13. The third-order valence-corrected chi connectivity index (χ3v) is 2.95. The molecule has 0 radical (unpaired) electrons. The molecule has 0 aliphatic carbocycles. The summed E-state index contributed by atoms with van der Waals surface area (Å²) >= 11 is 1.85. The van der Waals surface area contributed by atoms with E-state index in [0.29, 0.717) is 0 Å². The lowest BCUT2D eigenvalue weighted by Crippen LogP contribution is -2.00. The van der Waals surface area contributed by atoms with Gasteiger partial charge in [-0.25, -0.2) is 4.98 Å². The normalized spacial score (nSPS) is 16.1.